The molecule has 1 amide bonds. The van der Waals surface area contributed by atoms with Crippen molar-refractivity contribution in [3.63, 3.8) is 0 Å². The van der Waals surface area contributed by atoms with Crippen LogP contribution in [0.15, 0.2) is 24.5 Å². The van der Waals surface area contributed by atoms with Gasteiger partial charge in [-0.2, -0.15) is 0 Å². The van der Waals surface area contributed by atoms with Crippen LogP contribution in [0.1, 0.15) is 25.3 Å². The Morgan fingerprint density at radius 1 is 1.56 bits per heavy atom. The Morgan fingerprint density at radius 2 is 2.28 bits per heavy atom. The first-order chi connectivity index (χ1) is 8.66. The van der Waals surface area contributed by atoms with Gasteiger partial charge in [0.1, 0.15) is 0 Å². The molecule has 2 rings (SSSR count). The molecule has 1 aliphatic rings. The monoisotopic (exact) mass is 247 g/mol. The molecule has 0 saturated carbocycles. The summed E-state index contributed by atoms with van der Waals surface area (Å²) in [5.74, 6) is 0.737. The highest BCUT2D eigenvalue weighted by Crippen LogP contribution is 2.21. The lowest BCUT2D eigenvalue weighted by atomic mass is 9.90. The SMILES string of the molecule is C[C@@H](N)C(=O)N1CCC(Cc2cccnc2)CC1. The zero-order chi connectivity index (χ0) is 13.0. The van der Waals surface area contributed by atoms with Gasteiger partial charge in [-0.25, -0.2) is 0 Å². The maximum Gasteiger partial charge on any atom is 0.239 e. The van der Waals surface area contributed by atoms with E-state index in [4.69, 9.17) is 5.73 Å². The molecule has 1 atom stereocenters. The summed E-state index contributed by atoms with van der Waals surface area (Å²) in [5.41, 5.74) is 6.91. The van der Waals surface area contributed by atoms with Crippen molar-refractivity contribution < 1.29 is 4.79 Å². The first-order valence-electron chi connectivity index (χ1n) is 6.60. The van der Waals surface area contributed by atoms with E-state index in [-0.39, 0.29) is 11.9 Å². The molecule has 1 saturated heterocycles. The van der Waals surface area contributed by atoms with Gasteiger partial charge in [0.25, 0.3) is 0 Å². The van der Waals surface area contributed by atoms with Crippen LogP contribution in [0.5, 0.6) is 0 Å². The second-order valence-electron chi connectivity index (χ2n) is 5.12. The van der Waals surface area contributed by atoms with Crippen molar-refractivity contribution in [3.8, 4) is 0 Å². The van der Waals surface area contributed by atoms with E-state index in [1.54, 1.807) is 13.1 Å². The van der Waals surface area contributed by atoms with E-state index in [1.165, 1.54) is 5.56 Å². The number of carbonyl (C=O) groups is 1. The van der Waals surface area contributed by atoms with Gasteiger partial charge in [-0.05, 0) is 43.7 Å². The van der Waals surface area contributed by atoms with E-state index in [2.05, 4.69) is 11.1 Å². The Balaban J connectivity index is 1.82. The lowest BCUT2D eigenvalue weighted by molar-refractivity contribution is -0.133. The zero-order valence-corrected chi connectivity index (χ0v) is 10.9. The van der Waals surface area contributed by atoms with Crippen LogP contribution in [-0.2, 0) is 11.2 Å². The van der Waals surface area contributed by atoms with E-state index in [0.717, 1.165) is 32.4 Å². The van der Waals surface area contributed by atoms with Crippen LogP contribution in [0.25, 0.3) is 0 Å². The molecule has 0 aliphatic carbocycles. The summed E-state index contributed by atoms with van der Waals surface area (Å²) < 4.78 is 0. The van der Waals surface area contributed by atoms with Crippen LogP contribution in [0.3, 0.4) is 0 Å². The molecule has 0 spiro atoms. The van der Waals surface area contributed by atoms with Gasteiger partial charge in [-0.3, -0.25) is 9.78 Å². The number of likely N-dealkylation sites (tertiary alicyclic amines) is 1. The molecule has 2 N–H and O–H groups in total. The fourth-order valence-electron chi connectivity index (χ4n) is 2.50. The molecule has 0 radical (unpaired) electrons. The Kier molecular flexibility index (Phi) is 4.31. The van der Waals surface area contributed by atoms with Gasteiger partial charge >= 0.3 is 0 Å². The van der Waals surface area contributed by atoms with Crippen molar-refractivity contribution in [3.05, 3.63) is 30.1 Å². The van der Waals surface area contributed by atoms with Gasteiger partial charge in [0.15, 0.2) is 0 Å². The van der Waals surface area contributed by atoms with Crippen molar-refractivity contribution in [2.75, 3.05) is 13.1 Å². The Bertz CT molecular complexity index is 383. The molecular weight excluding hydrogens is 226 g/mol. The Labute approximate surface area is 108 Å². The number of aromatic nitrogens is 1. The van der Waals surface area contributed by atoms with Gasteiger partial charge < -0.3 is 10.6 Å². The van der Waals surface area contributed by atoms with Gasteiger partial charge in [0.2, 0.25) is 5.91 Å². The van der Waals surface area contributed by atoms with E-state index < -0.39 is 0 Å². The number of carbonyl (C=O) groups excluding carboxylic acids is 1. The van der Waals surface area contributed by atoms with E-state index in [9.17, 15) is 4.79 Å². The van der Waals surface area contributed by atoms with Crippen LogP contribution in [-0.4, -0.2) is 34.9 Å². The predicted molar refractivity (Wildman–Crippen MR) is 70.9 cm³/mol. The molecule has 1 aromatic rings. The van der Waals surface area contributed by atoms with Gasteiger partial charge in [-0.15, -0.1) is 0 Å². The van der Waals surface area contributed by atoms with Crippen LogP contribution < -0.4 is 5.73 Å². The molecule has 0 aromatic carbocycles. The third kappa shape index (κ3) is 3.29. The smallest absolute Gasteiger partial charge is 0.239 e. The number of amides is 1. The van der Waals surface area contributed by atoms with E-state index in [1.807, 2.05) is 17.2 Å². The molecule has 0 bridgehead atoms. The van der Waals surface area contributed by atoms with E-state index >= 15 is 0 Å². The van der Waals surface area contributed by atoms with Crippen molar-refractivity contribution >= 4 is 5.91 Å². The number of nitrogens with zero attached hydrogens (tertiary/aromatic N) is 2. The van der Waals surface area contributed by atoms with Crippen LogP contribution in [0, 0.1) is 5.92 Å². The second-order valence-corrected chi connectivity index (χ2v) is 5.12. The lowest BCUT2D eigenvalue weighted by Gasteiger charge is -2.33. The lowest BCUT2D eigenvalue weighted by Crippen LogP contribution is -2.46. The standard InChI is InChI=1S/C14H21N3O/c1-11(15)14(18)17-7-4-12(5-8-17)9-13-3-2-6-16-10-13/h2-3,6,10-12H,4-5,7-9,15H2,1H3/t11-/m1/s1. The third-order valence-electron chi connectivity index (χ3n) is 3.56. The minimum absolute atomic E-state index is 0.0785. The molecule has 4 nitrogen and oxygen atoms in total. The fraction of sp³-hybridized carbons (Fsp3) is 0.571. The topological polar surface area (TPSA) is 59.2 Å². The molecule has 0 unspecified atom stereocenters. The summed E-state index contributed by atoms with van der Waals surface area (Å²) in [6, 6.07) is 3.72. The molecule has 2 heterocycles. The van der Waals surface area contributed by atoms with E-state index in [0.29, 0.717) is 5.92 Å². The number of rotatable bonds is 3. The molecular formula is C14H21N3O. The van der Waals surface area contributed by atoms with Gasteiger partial charge in [-0.1, -0.05) is 6.07 Å². The summed E-state index contributed by atoms with van der Waals surface area (Å²) in [4.78, 5) is 17.8. The number of nitrogens with two attached hydrogens (primary N) is 1. The maximum absolute atomic E-state index is 11.8. The zero-order valence-electron chi connectivity index (χ0n) is 10.9. The van der Waals surface area contributed by atoms with Crippen LogP contribution in [0.2, 0.25) is 0 Å². The van der Waals surface area contributed by atoms with Gasteiger partial charge in [0, 0.05) is 25.5 Å². The second kappa shape index (κ2) is 5.96. The fourth-order valence-corrected chi connectivity index (χ4v) is 2.50. The van der Waals surface area contributed by atoms with Crippen LogP contribution in [0.4, 0.5) is 0 Å². The first-order valence-corrected chi connectivity index (χ1v) is 6.60. The largest absolute Gasteiger partial charge is 0.341 e. The molecule has 1 aromatic heterocycles. The van der Waals surface area contributed by atoms with Crippen LogP contribution >= 0.6 is 0 Å². The Morgan fingerprint density at radius 3 is 2.83 bits per heavy atom. The van der Waals surface area contributed by atoms with Crippen molar-refractivity contribution in [2.24, 2.45) is 11.7 Å². The summed E-state index contributed by atoms with van der Waals surface area (Å²) >= 11 is 0. The summed E-state index contributed by atoms with van der Waals surface area (Å²) in [6.45, 7) is 3.43. The quantitative estimate of drug-likeness (QED) is 0.873. The van der Waals surface area contributed by atoms with Gasteiger partial charge in [0.05, 0.1) is 6.04 Å². The number of piperidine rings is 1. The molecule has 1 aliphatic heterocycles. The summed E-state index contributed by atoms with van der Waals surface area (Å²) in [5, 5.41) is 0. The van der Waals surface area contributed by atoms with Crippen molar-refractivity contribution in [1.29, 1.82) is 0 Å². The maximum atomic E-state index is 11.8. The average molecular weight is 247 g/mol. The highest BCUT2D eigenvalue weighted by atomic mass is 16.2. The van der Waals surface area contributed by atoms with Crippen molar-refractivity contribution in [2.45, 2.75) is 32.2 Å². The minimum atomic E-state index is -0.375. The minimum Gasteiger partial charge on any atom is -0.341 e. The highest BCUT2D eigenvalue weighted by molar-refractivity contribution is 5.81. The number of hydrogen-bond donors (Lipinski definition) is 1. The molecule has 18 heavy (non-hydrogen) atoms. The Hall–Kier alpha value is -1.42. The third-order valence-corrected chi connectivity index (χ3v) is 3.56. The average Bonchev–Trinajstić information content (AvgIpc) is 2.40. The molecule has 4 heteroatoms. The number of pyridine rings is 1. The summed E-state index contributed by atoms with van der Waals surface area (Å²) in [6.07, 6.45) is 6.92. The first kappa shape index (κ1) is 13.0. The number of hydrogen-bond acceptors (Lipinski definition) is 3. The molecule has 1 fully saturated rings. The normalized spacial score (nSPS) is 18.7. The van der Waals surface area contributed by atoms with Crippen molar-refractivity contribution in [1.82, 2.24) is 9.88 Å². The molecule has 98 valence electrons. The predicted octanol–water partition coefficient (Wildman–Crippen LogP) is 1.21. The summed E-state index contributed by atoms with van der Waals surface area (Å²) in [7, 11) is 0. The highest BCUT2D eigenvalue weighted by Gasteiger charge is 2.24.